The Morgan fingerprint density at radius 1 is 0.833 bits per heavy atom. The number of hydrogen-bond acceptors (Lipinski definition) is 2. The Labute approximate surface area is 109 Å². The van der Waals surface area contributed by atoms with Crippen LogP contribution < -0.4 is 0 Å². The summed E-state index contributed by atoms with van der Waals surface area (Å²) in [5, 5.41) is 0.514. The van der Waals surface area contributed by atoms with Gasteiger partial charge in [-0.25, -0.2) is 0 Å². The van der Waals surface area contributed by atoms with Gasteiger partial charge in [-0.2, -0.15) is 0 Å². The number of carbonyl (C=O) groups excluding carboxylic acids is 2. The van der Waals surface area contributed by atoms with Gasteiger partial charge in [0.25, 0.3) is 0 Å². The summed E-state index contributed by atoms with van der Waals surface area (Å²) in [6.07, 6.45) is 0. The Hall–Kier alpha value is -1.93. The Morgan fingerprint density at radius 3 is 2.17 bits per heavy atom. The van der Waals surface area contributed by atoms with Crippen molar-refractivity contribution in [3.05, 3.63) is 70.2 Å². The topological polar surface area (TPSA) is 34.1 Å². The van der Waals surface area contributed by atoms with Crippen LogP contribution in [0.25, 0.3) is 0 Å². The van der Waals surface area contributed by atoms with E-state index in [1.807, 2.05) is 18.2 Å². The normalized spacial score (nSPS) is 17.9. The first-order chi connectivity index (χ1) is 8.70. The number of rotatable bonds is 1. The molecule has 0 saturated heterocycles. The molecule has 88 valence electrons. The lowest BCUT2D eigenvalue weighted by Crippen LogP contribution is -2.13. The molecule has 0 aromatic heterocycles. The summed E-state index contributed by atoms with van der Waals surface area (Å²) in [5.74, 6) is -1.37. The summed E-state index contributed by atoms with van der Waals surface area (Å²) in [5.41, 5.74) is 1.94. The molecule has 1 aliphatic carbocycles. The van der Waals surface area contributed by atoms with Crippen molar-refractivity contribution in [1.82, 2.24) is 0 Å². The van der Waals surface area contributed by atoms with Gasteiger partial charge in [0.15, 0.2) is 0 Å². The maximum atomic E-state index is 12.1. The van der Waals surface area contributed by atoms with E-state index >= 15 is 0 Å². The van der Waals surface area contributed by atoms with Crippen molar-refractivity contribution in [3.8, 4) is 0 Å². The second-order valence-corrected chi connectivity index (χ2v) is 4.64. The van der Waals surface area contributed by atoms with Crippen molar-refractivity contribution in [2.24, 2.45) is 0 Å². The first kappa shape index (κ1) is 11.2. The molecular weight excluding hydrogens is 248 g/mol. The van der Waals surface area contributed by atoms with Crippen LogP contribution in [0.1, 0.15) is 27.4 Å². The zero-order valence-corrected chi connectivity index (χ0v) is 10.1. The number of halogens is 1. The van der Waals surface area contributed by atoms with E-state index < -0.39 is 17.5 Å². The first-order valence-corrected chi connectivity index (χ1v) is 6.00. The highest BCUT2D eigenvalue weighted by Crippen LogP contribution is 2.38. The largest absolute Gasteiger partial charge is 0.289 e. The third-order valence-electron chi connectivity index (χ3n) is 3.22. The third-order valence-corrected chi connectivity index (χ3v) is 3.56. The number of fused-ring (bicyclic) bond motifs is 1. The number of carbonyl (C=O) groups is 2. The number of hydrogen-bond donors (Lipinski definition) is 0. The molecule has 0 fully saturated rings. The lowest BCUT2D eigenvalue weighted by atomic mass is 9.92. The van der Waals surface area contributed by atoms with Crippen LogP contribution in [0.15, 0.2) is 48.5 Å². The highest BCUT2D eigenvalue weighted by atomic mass is 35.5. The number of Topliss-reactive ketones (excluding diaryl/α,β-unsaturated/α-hetero) is 2. The molecule has 18 heavy (non-hydrogen) atoms. The Bertz CT molecular complexity index is 661. The smallest absolute Gasteiger partial charge is 0.229 e. The Kier molecular flexibility index (Phi) is 2.53. The molecule has 1 atom stereocenters. The van der Waals surface area contributed by atoms with Gasteiger partial charge in [0, 0.05) is 10.6 Å². The van der Waals surface area contributed by atoms with E-state index in [0.29, 0.717) is 16.1 Å². The van der Waals surface area contributed by atoms with Crippen molar-refractivity contribution >= 4 is 23.2 Å². The van der Waals surface area contributed by atoms with Gasteiger partial charge in [-0.1, -0.05) is 54.1 Å². The lowest BCUT2D eigenvalue weighted by Gasteiger charge is -2.11. The molecule has 0 bridgehead atoms. The van der Waals surface area contributed by atoms with E-state index in [9.17, 15) is 9.59 Å². The van der Waals surface area contributed by atoms with Crippen LogP contribution in [0.5, 0.6) is 0 Å². The summed E-state index contributed by atoms with van der Waals surface area (Å²) in [6, 6.07) is 14.2. The molecule has 0 saturated carbocycles. The monoisotopic (exact) mass is 256 g/mol. The van der Waals surface area contributed by atoms with Crippen LogP contribution in [0, 0.1) is 0 Å². The van der Waals surface area contributed by atoms with E-state index in [0.717, 1.165) is 5.56 Å². The molecule has 0 spiro atoms. The van der Waals surface area contributed by atoms with Crippen molar-refractivity contribution < 1.29 is 9.59 Å². The zero-order chi connectivity index (χ0) is 12.7. The van der Waals surface area contributed by atoms with Gasteiger partial charge in [-0.05, 0) is 17.2 Å². The summed E-state index contributed by atoms with van der Waals surface area (Å²) in [4.78, 5) is 24.0. The SMILES string of the molecule is O=C1C(=O)C(c2ccccc2Cl)c2ccccc21. The van der Waals surface area contributed by atoms with Crippen molar-refractivity contribution in [2.75, 3.05) is 0 Å². The van der Waals surface area contributed by atoms with E-state index in [4.69, 9.17) is 11.6 Å². The molecule has 0 amide bonds. The first-order valence-electron chi connectivity index (χ1n) is 5.62. The maximum absolute atomic E-state index is 12.1. The maximum Gasteiger partial charge on any atom is 0.229 e. The van der Waals surface area contributed by atoms with Crippen LogP contribution in [0.3, 0.4) is 0 Å². The van der Waals surface area contributed by atoms with Crippen LogP contribution in [0.4, 0.5) is 0 Å². The van der Waals surface area contributed by atoms with Gasteiger partial charge in [0.1, 0.15) is 0 Å². The predicted molar refractivity (Wildman–Crippen MR) is 69.1 cm³/mol. The van der Waals surface area contributed by atoms with Crippen molar-refractivity contribution in [1.29, 1.82) is 0 Å². The molecule has 0 N–H and O–H groups in total. The molecule has 0 radical (unpaired) electrons. The second-order valence-electron chi connectivity index (χ2n) is 4.24. The van der Waals surface area contributed by atoms with Gasteiger partial charge in [-0.3, -0.25) is 9.59 Å². The number of benzene rings is 2. The van der Waals surface area contributed by atoms with Crippen LogP contribution in [-0.2, 0) is 4.79 Å². The van der Waals surface area contributed by atoms with Gasteiger partial charge < -0.3 is 0 Å². The predicted octanol–water partition coefficient (Wildman–Crippen LogP) is 3.24. The lowest BCUT2D eigenvalue weighted by molar-refractivity contribution is -0.115. The second kappa shape index (κ2) is 4.07. The molecular formula is C15H9ClO2. The molecule has 3 heteroatoms. The van der Waals surface area contributed by atoms with Gasteiger partial charge in [0.2, 0.25) is 11.6 Å². The number of ketones is 2. The average Bonchev–Trinajstić information content (AvgIpc) is 2.64. The molecule has 1 aliphatic rings. The third kappa shape index (κ3) is 1.50. The highest BCUT2D eigenvalue weighted by molar-refractivity contribution is 6.49. The highest BCUT2D eigenvalue weighted by Gasteiger charge is 2.39. The summed E-state index contributed by atoms with van der Waals surface area (Å²) < 4.78 is 0. The molecule has 0 aliphatic heterocycles. The Balaban J connectivity index is 2.23. The van der Waals surface area contributed by atoms with Crippen LogP contribution in [0.2, 0.25) is 5.02 Å². The summed E-state index contributed by atoms with van der Waals surface area (Å²) in [7, 11) is 0. The summed E-state index contributed by atoms with van der Waals surface area (Å²) >= 11 is 6.12. The zero-order valence-electron chi connectivity index (χ0n) is 9.39. The Morgan fingerprint density at radius 2 is 1.44 bits per heavy atom. The standard InChI is InChI=1S/C15H9ClO2/c16-12-8-4-3-7-11(12)13-9-5-1-2-6-10(9)14(17)15(13)18/h1-8,13H. The van der Waals surface area contributed by atoms with E-state index in [1.165, 1.54) is 0 Å². The summed E-state index contributed by atoms with van der Waals surface area (Å²) in [6.45, 7) is 0. The fraction of sp³-hybridized carbons (Fsp3) is 0.0667. The average molecular weight is 257 g/mol. The minimum Gasteiger partial charge on any atom is -0.289 e. The van der Waals surface area contributed by atoms with Crippen molar-refractivity contribution in [2.45, 2.75) is 5.92 Å². The fourth-order valence-corrected chi connectivity index (χ4v) is 2.62. The molecule has 2 aromatic rings. The van der Waals surface area contributed by atoms with Gasteiger partial charge in [0.05, 0.1) is 5.92 Å². The van der Waals surface area contributed by atoms with E-state index in [2.05, 4.69) is 0 Å². The van der Waals surface area contributed by atoms with Gasteiger partial charge >= 0.3 is 0 Å². The van der Waals surface area contributed by atoms with Crippen LogP contribution in [-0.4, -0.2) is 11.6 Å². The fourth-order valence-electron chi connectivity index (χ4n) is 2.38. The van der Waals surface area contributed by atoms with E-state index in [-0.39, 0.29) is 0 Å². The minimum absolute atomic E-state index is 0.399. The molecule has 2 aromatic carbocycles. The quantitative estimate of drug-likeness (QED) is 0.734. The molecule has 2 nitrogen and oxygen atoms in total. The molecule has 0 heterocycles. The molecule has 3 rings (SSSR count). The minimum atomic E-state index is -0.553. The van der Waals surface area contributed by atoms with Gasteiger partial charge in [-0.15, -0.1) is 0 Å². The van der Waals surface area contributed by atoms with Crippen molar-refractivity contribution in [3.63, 3.8) is 0 Å². The molecule has 1 unspecified atom stereocenters. The van der Waals surface area contributed by atoms with E-state index in [1.54, 1.807) is 30.3 Å². The van der Waals surface area contributed by atoms with Crippen LogP contribution >= 0.6 is 11.6 Å².